The average molecular weight is 196 g/mol. The first-order valence-electron chi connectivity index (χ1n) is 3.54. The highest BCUT2D eigenvalue weighted by Gasteiger charge is 2.06. The molecule has 0 aliphatic carbocycles. The van der Waals surface area contributed by atoms with Gasteiger partial charge < -0.3 is 5.11 Å². The van der Waals surface area contributed by atoms with E-state index in [9.17, 15) is 4.79 Å². The molecule has 1 rings (SSSR count). The lowest BCUT2D eigenvalue weighted by atomic mass is 10.1. The van der Waals surface area contributed by atoms with Gasteiger partial charge in [0.1, 0.15) is 0 Å². The molecule has 13 heavy (non-hydrogen) atoms. The number of carboxylic acids is 1. The van der Waals surface area contributed by atoms with E-state index in [0.29, 0.717) is 10.6 Å². The van der Waals surface area contributed by atoms with Crippen LogP contribution in [0.5, 0.6) is 0 Å². The summed E-state index contributed by atoms with van der Waals surface area (Å²) in [5, 5.41) is 17.5. The lowest BCUT2D eigenvalue weighted by Crippen LogP contribution is -1.97. The van der Waals surface area contributed by atoms with Crippen LogP contribution < -0.4 is 0 Å². The van der Waals surface area contributed by atoms with Gasteiger partial charge in [0.05, 0.1) is 18.1 Å². The van der Waals surface area contributed by atoms with E-state index in [1.54, 1.807) is 0 Å². The third kappa shape index (κ3) is 2.20. The maximum absolute atomic E-state index is 10.5. The van der Waals surface area contributed by atoms with Crippen LogP contribution in [0.15, 0.2) is 18.2 Å². The number of halogens is 1. The number of aromatic carboxylic acids is 1. The molecular weight excluding hydrogens is 190 g/mol. The Hall–Kier alpha value is -1.53. The van der Waals surface area contributed by atoms with Gasteiger partial charge in [-0.1, -0.05) is 11.6 Å². The molecule has 66 valence electrons. The number of benzene rings is 1. The van der Waals surface area contributed by atoms with Gasteiger partial charge in [-0.25, -0.2) is 4.79 Å². The highest BCUT2D eigenvalue weighted by Crippen LogP contribution is 2.17. The van der Waals surface area contributed by atoms with E-state index in [2.05, 4.69) is 0 Å². The number of rotatable bonds is 2. The topological polar surface area (TPSA) is 61.1 Å². The second-order valence-corrected chi connectivity index (χ2v) is 2.85. The minimum atomic E-state index is -1.02. The summed E-state index contributed by atoms with van der Waals surface area (Å²) < 4.78 is 0. The minimum absolute atomic E-state index is 0.125. The van der Waals surface area contributed by atoms with Crippen molar-refractivity contribution in [3.63, 3.8) is 0 Å². The second kappa shape index (κ2) is 3.92. The largest absolute Gasteiger partial charge is 0.478 e. The molecule has 1 aromatic rings. The van der Waals surface area contributed by atoms with Crippen LogP contribution in [-0.2, 0) is 6.42 Å². The van der Waals surface area contributed by atoms with Crippen molar-refractivity contribution in [1.29, 1.82) is 5.26 Å². The minimum Gasteiger partial charge on any atom is -0.478 e. The zero-order chi connectivity index (χ0) is 9.84. The summed E-state index contributed by atoms with van der Waals surface area (Å²) in [5.74, 6) is -1.02. The fourth-order valence-corrected chi connectivity index (χ4v) is 1.11. The zero-order valence-electron chi connectivity index (χ0n) is 6.62. The van der Waals surface area contributed by atoms with E-state index in [4.69, 9.17) is 22.0 Å². The average Bonchev–Trinajstić information content (AvgIpc) is 2.08. The molecule has 0 heterocycles. The van der Waals surface area contributed by atoms with Crippen LogP contribution >= 0.6 is 11.6 Å². The summed E-state index contributed by atoms with van der Waals surface area (Å²) >= 11 is 5.74. The lowest BCUT2D eigenvalue weighted by molar-refractivity contribution is 0.0697. The molecule has 0 saturated heterocycles. The molecule has 1 aromatic carbocycles. The number of hydrogen-bond acceptors (Lipinski definition) is 2. The predicted octanol–water partition coefficient (Wildman–Crippen LogP) is 2.10. The third-order valence-electron chi connectivity index (χ3n) is 1.56. The Morgan fingerprint density at radius 2 is 2.31 bits per heavy atom. The van der Waals surface area contributed by atoms with Crippen LogP contribution in [0.25, 0.3) is 0 Å². The standard InChI is InChI=1S/C9H6ClNO2/c10-8-2-1-7(9(12)13)5-6(8)3-4-11/h1-2,5H,3H2,(H,12,13). The quantitative estimate of drug-likeness (QED) is 0.786. The van der Waals surface area contributed by atoms with Gasteiger partial charge in [0.25, 0.3) is 0 Å². The fraction of sp³-hybridized carbons (Fsp3) is 0.111. The van der Waals surface area contributed by atoms with E-state index < -0.39 is 5.97 Å². The summed E-state index contributed by atoms with van der Waals surface area (Å²) in [6, 6.07) is 6.22. The number of carboxylic acid groups (broad SMARTS) is 1. The van der Waals surface area contributed by atoms with Crippen molar-refractivity contribution in [3.8, 4) is 6.07 Å². The summed E-state index contributed by atoms with van der Waals surface area (Å²) in [5.41, 5.74) is 0.693. The van der Waals surface area contributed by atoms with Crippen molar-refractivity contribution >= 4 is 17.6 Å². The second-order valence-electron chi connectivity index (χ2n) is 2.45. The molecule has 0 spiro atoms. The molecule has 4 heteroatoms. The normalized spacial score (nSPS) is 9.23. The molecule has 0 bridgehead atoms. The Kier molecular flexibility index (Phi) is 2.88. The highest BCUT2D eigenvalue weighted by molar-refractivity contribution is 6.31. The summed E-state index contributed by atoms with van der Waals surface area (Å²) in [7, 11) is 0. The van der Waals surface area contributed by atoms with Crippen molar-refractivity contribution in [3.05, 3.63) is 34.3 Å². The molecule has 0 radical (unpaired) electrons. The van der Waals surface area contributed by atoms with Crippen molar-refractivity contribution in [2.45, 2.75) is 6.42 Å². The van der Waals surface area contributed by atoms with E-state index in [1.807, 2.05) is 6.07 Å². The van der Waals surface area contributed by atoms with Crippen LogP contribution in [0, 0.1) is 11.3 Å². The molecule has 0 saturated carbocycles. The molecule has 1 N–H and O–H groups in total. The lowest BCUT2D eigenvalue weighted by Gasteiger charge is -2.00. The maximum Gasteiger partial charge on any atom is 0.335 e. The van der Waals surface area contributed by atoms with Crippen LogP contribution in [0.2, 0.25) is 5.02 Å². The molecule has 3 nitrogen and oxygen atoms in total. The highest BCUT2D eigenvalue weighted by atomic mass is 35.5. The van der Waals surface area contributed by atoms with Crippen molar-refractivity contribution in [1.82, 2.24) is 0 Å². The molecule has 0 atom stereocenters. The first-order chi connectivity index (χ1) is 6.15. The van der Waals surface area contributed by atoms with E-state index in [-0.39, 0.29) is 12.0 Å². The van der Waals surface area contributed by atoms with Gasteiger partial charge in [0.15, 0.2) is 0 Å². The van der Waals surface area contributed by atoms with Crippen molar-refractivity contribution in [2.75, 3.05) is 0 Å². The number of nitriles is 1. The van der Waals surface area contributed by atoms with Gasteiger partial charge in [0, 0.05) is 5.02 Å². The molecular formula is C9H6ClNO2. The van der Waals surface area contributed by atoms with Crippen LogP contribution in [0.3, 0.4) is 0 Å². The van der Waals surface area contributed by atoms with Crippen LogP contribution in [0.4, 0.5) is 0 Å². The molecule has 0 aliphatic heterocycles. The predicted molar refractivity (Wildman–Crippen MR) is 47.7 cm³/mol. The monoisotopic (exact) mass is 195 g/mol. The Morgan fingerprint density at radius 1 is 1.62 bits per heavy atom. The van der Waals surface area contributed by atoms with Gasteiger partial charge in [-0.3, -0.25) is 0 Å². The van der Waals surface area contributed by atoms with Gasteiger partial charge in [-0.05, 0) is 23.8 Å². The number of nitrogens with zero attached hydrogens (tertiary/aromatic N) is 1. The molecule has 0 aliphatic rings. The SMILES string of the molecule is N#CCc1cc(C(=O)O)ccc1Cl. The fourth-order valence-electron chi connectivity index (χ4n) is 0.928. The molecule has 0 aromatic heterocycles. The maximum atomic E-state index is 10.5. The summed E-state index contributed by atoms with van der Waals surface area (Å²) in [6.07, 6.45) is 0.125. The van der Waals surface area contributed by atoms with E-state index in [1.165, 1.54) is 18.2 Å². The van der Waals surface area contributed by atoms with Gasteiger partial charge >= 0.3 is 5.97 Å². The Morgan fingerprint density at radius 3 is 2.85 bits per heavy atom. The van der Waals surface area contributed by atoms with Crippen molar-refractivity contribution < 1.29 is 9.90 Å². The third-order valence-corrected chi connectivity index (χ3v) is 1.93. The van der Waals surface area contributed by atoms with Crippen LogP contribution in [-0.4, -0.2) is 11.1 Å². The van der Waals surface area contributed by atoms with Gasteiger partial charge in [0.2, 0.25) is 0 Å². The van der Waals surface area contributed by atoms with Crippen molar-refractivity contribution in [2.24, 2.45) is 0 Å². The smallest absolute Gasteiger partial charge is 0.335 e. The number of carbonyl (C=O) groups is 1. The Balaban J connectivity index is 3.12. The van der Waals surface area contributed by atoms with Crippen LogP contribution in [0.1, 0.15) is 15.9 Å². The van der Waals surface area contributed by atoms with Gasteiger partial charge in [-0.15, -0.1) is 0 Å². The summed E-state index contributed by atoms with van der Waals surface area (Å²) in [6.45, 7) is 0. The Labute approximate surface area is 80.2 Å². The molecule has 0 unspecified atom stereocenters. The first kappa shape index (κ1) is 9.56. The number of hydrogen-bond donors (Lipinski definition) is 1. The van der Waals surface area contributed by atoms with E-state index >= 15 is 0 Å². The Bertz CT molecular complexity index is 382. The molecule has 0 amide bonds. The van der Waals surface area contributed by atoms with Gasteiger partial charge in [-0.2, -0.15) is 5.26 Å². The van der Waals surface area contributed by atoms with E-state index in [0.717, 1.165) is 0 Å². The molecule has 0 fully saturated rings. The summed E-state index contributed by atoms with van der Waals surface area (Å²) in [4.78, 5) is 10.5. The first-order valence-corrected chi connectivity index (χ1v) is 3.91. The zero-order valence-corrected chi connectivity index (χ0v) is 7.38.